The Labute approximate surface area is 173 Å². The third kappa shape index (κ3) is 4.98. The topological polar surface area (TPSA) is 104 Å². The van der Waals surface area contributed by atoms with Crippen molar-refractivity contribution < 1.29 is 9.53 Å². The Morgan fingerprint density at radius 3 is 2.71 bits per heavy atom. The lowest BCUT2D eigenvalue weighted by Crippen LogP contribution is -2.22. The number of hydrogen-bond donors (Lipinski definition) is 1. The molecular formula is C17H17BrN6O3S. The molecule has 2 aromatic heterocycles. The maximum Gasteiger partial charge on any atom is 0.244 e. The molecule has 1 amide bonds. The first kappa shape index (κ1) is 20.1. The van der Waals surface area contributed by atoms with Gasteiger partial charge < -0.3 is 14.6 Å². The SMILES string of the molecule is COc1cn(CC(=O)Nc2ccc(Br)cc2)c(CSc2nnnn2C)cc1=O. The molecule has 11 heteroatoms. The van der Waals surface area contributed by atoms with Crippen molar-refractivity contribution in [3.63, 3.8) is 0 Å². The first-order valence-corrected chi connectivity index (χ1v) is 9.92. The number of aromatic nitrogens is 5. The van der Waals surface area contributed by atoms with Crippen LogP contribution in [0.3, 0.4) is 0 Å². The van der Waals surface area contributed by atoms with Gasteiger partial charge in [0.25, 0.3) is 0 Å². The second kappa shape index (κ2) is 9.02. The number of ether oxygens (including phenoxy) is 1. The monoisotopic (exact) mass is 464 g/mol. The van der Waals surface area contributed by atoms with Crippen LogP contribution in [0, 0.1) is 0 Å². The number of nitrogens with one attached hydrogen (secondary N) is 1. The molecule has 3 rings (SSSR count). The summed E-state index contributed by atoms with van der Waals surface area (Å²) in [6.07, 6.45) is 1.54. The van der Waals surface area contributed by atoms with E-state index in [-0.39, 0.29) is 23.6 Å². The summed E-state index contributed by atoms with van der Waals surface area (Å²) in [5.41, 5.74) is 1.09. The van der Waals surface area contributed by atoms with E-state index in [0.29, 0.717) is 22.3 Å². The van der Waals surface area contributed by atoms with Gasteiger partial charge in [-0.25, -0.2) is 4.68 Å². The molecule has 0 aliphatic heterocycles. The number of pyridine rings is 1. The molecule has 0 saturated heterocycles. The zero-order chi connectivity index (χ0) is 20.1. The number of aryl methyl sites for hydroxylation is 1. The number of nitrogens with zero attached hydrogens (tertiary/aromatic N) is 5. The van der Waals surface area contributed by atoms with Crippen LogP contribution in [-0.4, -0.2) is 37.8 Å². The molecule has 0 aliphatic carbocycles. The normalized spacial score (nSPS) is 10.7. The van der Waals surface area contributed by atoms with Crippen LogP contribution in [0.1, 0.15) is 5.69 Å². The number of benzene rings is 1. The molecule has 0 unspecified atom stereocenters. The molecule has 0 bridgehead atoms. The maximum absolute atomic E-state index is 12.5. The molecule has 0 saturated carbocycles. The van der Waals surface area contributed by atoms with Gasteiger partial charge in [-0.3, -0.25) is 9.59 Å². The van der Waals surface area contributed by atoms with E-state index in [1.54, 1.807) is 23.7 Å². The van der Waals surface area contributed by atoms with Gasteiger partial charge in [-0.1, -0.05) is 27.7 Å². The van der Waals surface area contributed by atoms with Crippen LogP contribution < -0.4 is 15.5 Å². The van der Waals surface area contributed by atoms with Crippen molar-refractivity contribution in [2.24, 2.45) is 7.05 Å². The van der Waals surface area contributed by atoms with E-state index < -0.39 is 0 Å². The minimum Gasteiger partial charge on any atom is -0.491 e. The number of carbonyl (C=O) groups is 1. The van der Waals surface area contributed by atoms with Crippen molar-refractivity contribution in [1.82, 2.24) is 24.8 Å². The Morgan fingerprint density at radius 1 is 1.32 bits per heavy atom. The fourth-order valence-corrected chi connectivity index (χ4v) is 3.50. The van der Waals surface area contributed by atoms with Crippen LogP contribution in [-0.2, 0) is 24.1 Å². The highest BCUT2D eigenvalue weighted by atomic mass is 79.9. The van der Waals surface area contributed by atoms with E-state index in [0.717, 1.165) is 4.47 Å². The first-order chi connectivity index (χ1) is 13.5. The van der Waals surface area contributed by atoms with Gasteiger partial charge >= 0.3 is 0 Å². The predicted molar refractivity (Wildman–Crippen MR) is 108 cm³/mol. The number of rotatable bonds is 7. The Bertz CT molecular complexity index is 1030. The number of carbonyl (C=O) groups excluding carboxylic acids is 1. The lowest BCUT2D eigenvalue weighted by molar-refractivity contribution is -0.116. The summed E-state index contributed by atoms with van der Waals surface area (Å²) in [7, 11) is 3.15. The molecular weight excluding hydrogens is 448 g/mol. The summed E-state index contributed by atoms with van der Waals surface area (Å²) >= 11 is 4.72. The van der Waals surface area contributed by atoms with Gasteiger partial charge in [0.1, 0.15) is 6.54 Å². The molecule has 0 fully saturated rings. The quantitative estimate of drug-likeness (QED) is 0.533. The molecule has 0 spiro atoms. The Hall–Kier alpha value is -2.66. The number of anilines is 1. The minimum absolute atomic E-state index is 0.0274. The largest absolute Gasteiger partial charge is 0.491 e. The van der Waals surface area contributed by atoms with Crippen LogP contribution in [0.4, 0.5) is 5.69 Å². The zero-order valence-corrected chi connectivity index (χ0v) is 17.5. The van der Waals surface area contributed by atoms with Gasteiger partial charge in [-0.2, -0.15) is 0 Å². The summed E-state index contributed by atoms with van der Waals surface area (Å²) < 4.78 is 9.26. The third-order valence-corrected chi connectivity index (χ3v) is 5.35. The second-order valence-corrected chi connectivity index (χ2v) is 7.61. The van der Waals surface area contributed by atoms with Crippen LogP contribution in [0.25, 0.3) is 0 Å². The number of amides is 1. The number of hydrogen-bond acceptors (Lipinski definition) is 7. The Balaban J connectivity index is 1.79. The molecule has 0 radical (unpaired) electrons. The van der Waals surface area contributed by atoms with Crippen molar-refractivity contribution >= 4 is 39.3 Å². The maximum atomic E-state index is 12.5. The molecule has 1 aromatic carbocycles. The molecule has 1 N–H and O–H groups in total. The fourth-order valence-electron chi connectivity index (χ4n) is 2.39. The number of halogens is 1. The standard InChI is InChI=1S/C17H17BrN6O3S/c1-23-17(20-21-22-23)28-10-13-7-14(25)15(27-2)8-24(13)9-16(26)19-12-5-3-11(18)4-6-12/h3-8H,9-10H2,1-2H3,(H,19,26). The van der Waals surface area contributed by atoms with Crippen LogP contribution in [0.2, 0.25) is 0 Å². The highest BCUT2D eigenvalue weighted by Gasteiger charge is 2.13. The van der Waals surface area contributed by atoms with Crippen molar-refractivity contribution in [2.45, 2.75) is 17.5 Å². The van der Waals surface area contributed by atoms with E-state index in [2.05, 4.69) is 36.8 Å². The summed E-state index contributed by atoms with van der Waals surface area (Å²) in [4.78, 5) is 24.6. The minimum atomic E-state index is -0.251. The van der Waals surface area contributed by atoms with Crippen molar-refractivity contribution in [2.75, 3.05) is 12.4 Å². The number of methoxy groups -OCH3 is 1. The molecule has 9 nitrogen and oxygen atoms in total. The Kier molecular flexibility index (Phi) is 6.47. The smallest absolute Gasteiger partial charge is 0.244 e. The molecule has 2 heterocycles. The van der Waals surface area contributed by atoms with Gasteiger partial charge in [-0.05, 0) is 34.7 Å². The highest BCUT2D eigenvalue weighted by molar-refractivity contribution is 9.10. The van der Waals surface area contributed by atoms with Crippen LogP contribution in [0.5, 0.6) is 5.75 Å². The van der Waals surface area contributed by atoms with Gasteiger partial charge in [0, 0.05) is 34.7 Å². The second-order valence-electron chi connectivity index (χ2n) is 5.75. The lowest BCUT2D eigenvalue weighted by Gasteiger charge is -2.14. The molecule has 0 atom stereocenters. The molecule has 28 heavy (non-hydrogen) atoms. The van der Waals surface area contributed by atoms with Crippen LogP contribution >= 0.6 is 27.7 Å². The van der Waals surface area contributed by atoms with Gasteiger partial charge in [0.2, 0.25) is 16.5 Å². The third-order valence-electron chi connectivity index (χ3n) is 3.77. The molecule has 0 aliphatic rings. The average molecular weight is 465 g/mol. The fraction of sp³-hybridized carbons (Fsp3) is 0.235. The van der Waals surface area contributed by atoms with E-state index in [4.69, 9.17) is 4.74 Å². The zero-order valence-electron chi connectivity index (χ0n) is 15.1. The van der Waals surface area contributed by atoms with E-state index >= 15 is 0 Å². The summed E-state index contributed by atoms with van der Waals surface area (Å²) in [6.45, 7) is 0.0274. The summed E-state index contributed by atoms with van der Waals surface area (Å²) in [5, 5.41) is 14.7. The van der Waals surface area contributed by atoms with E-state index in [1.165, 1.54) is 35.8 Å². The van der Waals surface area contributed by atoms with Gasteiger partial charge in [0.15, 0.2) is 5.75 Å². The Morgan fingerprint density at radius 2 is 2.07 bits per heavy atom. The number of thioether (sulfide) groups is 1. The van der Waals surface area contributed by atoms with Crippen molar-refractivity contribution in [3.05, 3.63) is 56.9 Å². The van der Waals surface area contributed by atoms with E-state index in [1.807, 2.05) is 12.1 Å². The van der Waals surface area contributed by atoms with Crippen LogP contribution in [0.15, 0.2) is 51.0 Å². The number of tetrazole rings is 1. The average Bonchev–Trinajstić information content (AvgIpc) is 3.08. The lowest BCUT2D eigenvalue weighted by atomic mass is 10.3. The van der Waals surface area contributed by atoms with Crippen molar-refractivity contribution in [1.29, 1.82) is 0 Å². The van der Waals surface area contributed by atoms with E-state index in [9.17, 15) is 9.59 Å². The first-order valence-electron chi connectivity index (χ1n) is 8.14. The summed E-state index contributed by atoms with van der Waals surface area (Å²) in [6, 6.07) is 8.74. The van der Waals surface area contributed by atoms with Gasteiger partial charge in [-0.15, -0.1) is 5.10 Å². The van der Waals surface area contributed by atoms with Gasteiger partial charge in [0.05, 0.1) is 13.3 Å². The predicted octanol–water partition coefficient (Wildman–Crippen LogP) is 2.07. The summed E-state index contributed by atoms with van der Waals surface area (Å²) in [5.74, 6) is 0.365. The van der Waals surface area contributed by atoms with Crippen molar-refractivity contribution in [3.8, 4) is 5.75 Å². The highest BCUT2D eigenvalue weighted by Crippen LogP contribution is 2.20. The molecule has 146 valence electrons. The molecule has 3 aromatic rings.